The maximum Gasteiger partial charge on any atom is 0.319 e. The smallest absolute Gasteiger partial charge is 0.319 e. The first-order valence-corrected chi connectivity index (χ1v) is 16.0. The van der Waals surface area contributed by atoms with Gasteiger partial charge in [0.2, 0.25) is 5.91 Å². The maximum absolute atomic E-state index is 14.5. The molecule has 4 heterocycles. The summed E-state index contributed by atoms with van der Waals surface area (Å²) in [5.41, 5.74) is 5.85. The van der Waals surface area contributed by atoms with Gasteiger partial charge >= 0.3 is 6.01 Å². The summed E-state index contributed by atoms with van der Waals surface area (Å²) in [7, 11) is 0. The third kappa shape index (κ3) is 4.54. The quantitative estimate of drug-likeness (QED) is 0.356. The zero-order valence-corrected chi connectivity index (χ0v) is 24.9. The number of nitriles is 1. The Labute approximate surface area is 257 Å². The fraction of sp³-hybridized carbons (Fsp3) is 0.486. The van der Waals surface area contributed by atoms with E-state index in [0.717, 1.165) is 59.9 Å². The Hall–Kier alpha value is -4.03. The molecule has 226 valence electrons. The van der Waals surface area contributed by atoms with E-state index in [1.807, 2.05) is 0 Å². The van der Waals surface area contributed by atoms with Gasteiger partial charge in [-0.15, -0.1) is 0 Å². The second-order valence-electron chi connectivity index (χ2n) is 13.3. The Morgan fingerprint density at radius 3 is 2.98 bits per heavy atom. The zero-order chi connectivity index (χ0) is 30.0. The maximum atomic E-state index is 14.5. The molecular weight excluding hydrogens is 555 g/mol. The van der Waals surface area contributed by atoms with Crippen LogP contribution >= 0.6 is 0 Å². The van der Waals surface area contributed by atoms with Crippen LogP contribution in [0.3, 0.4) is 0 Å². The Kier molecular flexibility index (Phi) is 6.60. The van der Waals surface area contributed by atoms with Gasteiger partial charge < -0.3 is 14.5 Å². The molecule has 0 spiro atoms. The average molecular weight is 593 g/mol. The van der Waals surface area contributed by atoms with Crippen molar-refractivity contribution in [2.24, 2.45) is 5.92 Å². The number of fused-ring (bicyclic) bond motifs is 5. The minimum absolute atomic E-state index is 0.165. The number of hydrogen-bond acceptors (Lipinski definition) is 7. The summed E-state index contributed by atoms with van der Waals surface area (Å²) in [6.07, 6.45) is 5.58. The lowest BCUT2D eigenvalue weighted by Gasteiger charge is -2.41. The van der Waals surface area contributed by atoms with Crippen LogP contribution < -0.4 is 9.64 Å². The van der Waals surface area contributed by atoms with E-state index in [1.165, 1.54) is 29.2 Å². The number of piperazine rings is 1. The van der Waals surface area contributed by atoms with Crippen molar-refractivity contribution < 1.29 is 13.9 Å². The fourth-order valence-corrected chi connectivity index (χ4v) is 8.51. The van der Waals surface area contributed by atoms with Gasteiger partial charge in [-0.2, -0.15) is 15.2 Å². The molecule has 1 aromatic heterocycles. The van der Waals surface area contributed by atoms with Crippen LogP contribution in [-0.4, -0.2) is 82.8 Å². The molecule has 3 aromatic rings. The number of halogens is 1. The standard InChI is InChI=1S/C35H37FN6O2/c1-2-32(43)42-14-13-40(20-25(42)9-11-37)33-28-8-7-22(26-5-3-6-27-29-15-23(29)16-30(26)27)17-31(28)38-34(39-33)44-21-35-10-4-12-41(35)19-24(36)18-35/h2-3,5-8,17,23-25,29H,1,4,9-10,12-16,18-21H2/t23-,24-,25+,29-,35+/m1/s1. The molecule has 2 aliphatic carbocycles. The number of nitrogens with zero attached hydrogens (tertiary/aromatic N) is 6. The Morgan fingerprint density at radius 2 is 2.11 bits per heavy atom. The second-order valence-corrected chi connectivity index (χ2v) is 13.3. The molecule has 0 radical (unpaired) electrons. The summed E-state index contributed by atoms with van der Waals surface area (Å²) in [4.78, 5) is 28.6. The molecule has 0 unspecified atom stereocenters. The summed E-state index contributed by atoms with van der Waals surface area (Å²) in [6, 6.07) is 15.3. The normalized spacial score (nSPS) is 28.8. The highest BCUT2D eigenvalue weighted by Gasteiger charge is 2.49. The molecule has 4 fully saturated rings. The van der Waals surface area contributed by atoms with Crippen LogP contribution in [0.1, 0.15) is 49.1 Å². The summed E-state index contributed by atoms with van der Waals surface area (Å²) in [5, 5.41) is 10.4. The van der Waals surface area contributed by atoms with Crippen LogP contribution in [0.4, 0.5) is 10.2 Å². The average Bonchev–Trinajstić information content (AvgIpc) is 3.38. The molecule has 3 saturated heterocycles. The van der Waals surface area contributed by atoms with Crippen LogP contribution in [-0.2, 0) is 11.2 Å². The first-order chi connectivity index (χ1) is 21.5. The Morgan fingerprint density at radius 1 is 1.20 bits per heavy atom. The summed E-state index contributed by atoms with van der Waals surface area (Å²) < 4.78 is 20.9. The molecule has 1 saturated carbocycles. The molecule has 1 amide bonds. The van der Waals surface area contributed by atoms with E-state index >= 15 is 0 Å². The number of hydrogen-bond donors (Lipinski definition) is 0. The molecule has 3 aliphatic heterocycles. The molecule has 9 heteroatoms. The second kappa shape index (κ2) is 10.6. The molecule has 5 atom stereocenters. The fourth-order valence-electron chi connectivity index (χ4n) is 8.51. The minimum Gasteiger partial charge on any atom is -0.461 e. The minimum atomic E-state index is -0.834. The van der Waals surface area contributed by atoms with Gasteiger partial charge in [-0.05, 0) is 84.5 Å². The Bertz CT molecular complexity index is 1700. The van der Waals surface area contributed by atoms with E-state index in [4.69, 9.17) is 14.7 Å². The van der Waals surface area contributed by atoms with Crippen molar-refractivity contribution >= 4 is 22.6 Å². The molecular formula is C35H37FN6O2. The molecule has 8 nitrogen and oxygen atoms in total. The SMILES string of the molecule is C=CC(=O)N1CCN(c2nc(OC[C@@]34CCCN3C[C@H](F)C4)nc3cc(-c4cccc5c4C[C@H]4C[C@@H]54)ccc23)C[C@@H]1CC#N. The monoisotopic (exact) mass is 592 g/mol. The van der Waals surface area contributed by atoms with E-state index in [2.05, 4.69) is 58.8 Å². The number of ether oxygens (including phenoxy) is 1. The highest BCUT2D eigenvalue weighted by Crippen LogP contribution is 2.57. The van der Waals surface area contributed by atoms with Gasteiger partial charge in [0, 0.05) is 38.0 Å². The number of alkyl halides is 1. The van der Waals surface area contributed by atoms with Gasteiger partial charge in [0.15, 0.2) is 0 Å². The highest BCUT2D eigenvalue weighted by atomic mass is 19.1. The van der Waals surface area contributed by atoms with E-state index < -0.39 is 6.17 Å². The van der Waals surface area contributed by atoms with E-state index in [1.54, 1.807) is 4.90 Å². The lowest BCUT2D eigenvalue weighted by atomic mass is 9.94. The molecule has 5 aliphatic rings. The van der Waals surface area contributed by atoms with Gasteiger partial charge in [0.25, 0.3) is 0 Å². The van der Waals surface area contributed by atoms with Gasteiger partial charge in [-0.1, -0.05) is 30.8 Å². The van der Waals surface area contributed by atoms with Crippen molar-refractivity contribution in [1.29, 1.82) is 5.26 Å². The summed E-state index contributed by atoms with van der Waals surface area (Å²) in [6.45, 7) is 6.86. The van der Waals surface area contributed by atoms with Crippen LogP contribution in [0.2, 0.25) is 0 Å². The van der Waals surface area contributed by atoms with Crippen molar-refractivity contribution in [3.8, 4) is 23.2 Å². The van der Waals surface area contributed by atoms with Crippen molar-refractivity contribution in [3.05, 3.63) is 60.2 Å². The number of amides is 1. The van der Waals surface area contributed by atoms with Gasteiger partial charge in [0.1, 0.15) is 18.6 Å². The molecule has 44 heavy (non-hydrogen) atoms. The van der Waals surface area contributed by atoms with Crippen LogP contribution in [0.15, 0.2) is 49.1 Å². The predicted molar refractivity (Wildman–Crippen MR) is 166 cm³/mol. The number of aromatic nitrogens is 2. The Balaban J connectivity index is 1.17. The number of carbonyl (C=O) groups is 1. The third-order valence-corrected chi connectivity index (χ3v) is 10.8. The van der Waals surface area contributed by atoms with Crippen molar-refractivity contribution in [2.45, 2.75) is 62.2 Å². The number of anilines is 1. The summed E-state index contributed by atoms with van der Waals surface area (Å²) in [5.74, 6) is 2.09. The number of rotatable bonds is 7. The predicted octanol–water partition coefficient (Wildman–Crippen LogP) is 5.03. The highest BCUT2D eigenvalue weighted by molar-refractivity contribution is 5.94. The molecule has 0 bridgehead atoms. The lowest BCUT2D eigenvalue weighted by molar-refractivity contribution is -0.128. The molecule has 0 N–H and O–H groups in total. The third-order valence-electron chi connectivity index (χ3n) is 10.8. The number of carbonyl (C=O) groups excluding carboxylic acids is 1. The van der Waals surface area contributed by atoms with Gasteiger partial charge in [-0.25, -0.2) is 4.39 Å². The van der Waals surface area contributed by atoms with Crippen molar-refractivity contribution in [3.63, 3.8) is 0 Å². The van der Waals surface area contributed by atoms with E-state index in [9.17, 15) is 14.4 Å². The topological polar surface area (TPSA) is 85.6 Å². The molecule has 2 aromatic carbocycles. The lowest BCUT2D eigenvalue weighted by Crippen LogP contribution is -2.55. The van der Waals surface area contributed by atoms with Crippen molar-refractivity contribution in [2.75, 3.05) is 44.2 Å². The largest absolute Gasteiger partial charge is 0.461 e. The number of benzene rings is 2. The molecule has 8 rings (SSSR count). The first kappa shape index (κ1) is 27.5. The van der Waals surface area contributed by atoms with Gasteiger partial charge in [-0.3, -0.25) is 9.69 Å². The first-order valence-electron chi connectivity index (χ1n) is 16.0. The van der Waals surface area contributed by atoms with Crippen LogP contribution in [0.25, 0.3) is 22.0 Å². The van der Waals surface area contributed by atoms with Crippen LogP contribution in [0, 0.1) is 17.2 Å². The van der Waals surface area contributed by atoms with Gasteiger partial charge in [0.05, 0.1) is 29.6 Å². The van der Waals surface area contributed by atoms with E-state index in [0.29, 0.717) is 39.2 Å². The van der Waals surface area contributed by atoms with Crippen LogP contribution in [0.5, 0.6) is 6.01 Å². The summed E-state index contributed by atoms with van der Waals surface area (Å²) >= 11 is 0. The van der Waals surface area contributed by atoms with Crippen molar-refractivity contribution in [1.82, 2.24) is 19.8 Å². The zero-order valence-electron chi connectivity index (χ0n) is 24.9. The van der Waals surface area contributed by atoms with E-state index in [-0.39, 0.29) is 29.9 Å².